The van der Waals surface area contributed by atoms with Gasteiger partial charge in [0.1, 0.15) is 12.1 Å². The van der Waals surface area contributed by atoms with Crippen LogP contribution >= 0.6 is 0 Å². The molecule has 1 aromatic heterocycles. The van der Waals surface area contributed by atoms with Gasteiger partial charge in [-0.2, -0.15) is 0 Å². The number of carbonyl (C=O) groups excluding carboxylic acids is 2. The quantitative estimate of drug-likeness (QED) is 0.620. The third-order valence-electron chi connectivity index (χ3n) is 2.92. The second-order valence-corrected chi connectivity index (χ2v) is 4.28. The van der Waals surface area contributed by atoms with E-state index in [2.05, 4.69) is 9.72 Å². The molecule has 0 N–H and O–H groups in total. The topological polar surface area (TPSA) is 72.6 Å². The highest BCUT2D eigenvalue weighted by atomic mass is 16.5. The molecule has 0 aliphatic carbocycles. The van der Waals surface area contributed by atoms with Crippen molar-refractivity contribution in [2.75, 3.05) is 20.2 Å². The number of fused-ring (bicyclic) bond motifs is 1. The number of aromatic nitrogens is 1. The molecule has 0 bridgehead atoms. The van der Waals surface area contributed by atoms with Crippen LogP contribution in [0.3, 0.4) is 0 Å². The summed E-state index contributed by atoms with van der Waals surface area (Å²) < 4.78 is 10.0. The number of ether oxygens (including phenoxy) is 1. The summed E-state index contributed by atoms with van der Waals surface area (Å²) in [5.74, 6) is -0.413. The molecule has 0 radical (unpaired) electrons. The van der Waals surface area contributed by atoms with Gasteiger partial charge in [0.05, 0.1) is 7.11 Å². The van der Waals surface area contributed by atoms with E-state index in [0.29, 0.717) is 18.0 Å². The summed E-state index contributed by atoms with van der Waals surface area (Å²) in [5.41, 5.74) is 1.39. The van der Waals surface area contributed by atoms with Crippen LogP contribution in [0.15, 0.2) is 34.8 Å². The van der Waals surface area contributed by atoms with Gasteiger partial charge in [0, 0.05) is 18.7 Å². The smallest absolute Gasteiger partial charge is 0.325 e. The minimum absolute atomic E-state index is 0.0796. The highest BCUT2D eigenvalue weighted by molar-refractivity contribution is 5.93. The number of likely N-dealkylation sites (N-methyl/N-ethyl adjacent to an activating group) is 1. The van der Waals surface area contributed by atoms with Crippen molar-refractivity contribution >= 4 is 29.1 Å². The Labute approximate surface area is 122 Å². The molecule has 0 saturated carbocycles. The van der Waals surface area contributed by atoms with Crippen LogP contribution in [0.2, 0.25) is 0 Å². The maximum atomic E-state index is 12.0. The number of carbonyl (C=O) groups is 2. The van der Waals surface area contributed by atoms with Crippen molar-refractivity contribution < 1.29 is 18.7 Å². The molecule has 6 nitrogen and oxygen atoms in total. The summed E-state index contributed by atoms with van der Waals surface area (Å²) in [6.45, 7) is 2.11. The van der Waals surface area contributed by atoms with E-state index in [1.165, 1.54) is 24.2 Å². The lowest BCUT2D eigenvalue weighted by Crippen LogP contribution is -2.34. The second-order valence-electron chi connectivity index (χ2n) is 4.28. The number of hydrogen-bond acceptors (Lipinski definition) is 5. The summed E-state index contributed by atoms with van der Waals surface area (Å²) in [5, 5.41) is 0. The fraction of sp³-hybridized carbons (Fsp3) is 0.267. The molecule has 1 aromatic carbocycles. The van der Waals surface area contributed by atoms with Gasteiger partial charge in [-0.25, -0.2) is 4.98 Å². The fourth-order valence-electron chi connectivity index (χ4n) is 1.78. The van der Waals surface area contributed by atoms with Gasteiger partial charge in [0.2, 0.25) is 11.8 Å². The van der Waals surface area contributed by atoms with Crippen molar-refractivity contribution in [1.29, 1.82) is 0 Å². The number of nitrogens with zero attached hydrogens (tertiary/aromatic N) is 2. The standard InChI is InChI=1S/C15H16N2O4/c1-3-17(10-15(19)20-2)14(18)9-8-13-16-11-6-4-5-7-12(11)21-13/h4-9H,3,10H2,1-2H3. The molecule has 0 spiro atoms. The number of hydrogen-bond donors (Lipinski definition) is 0. The van der Waals surface area contributed by atoms with Crippen LogP contribution < -0.4 is 0 Å². The molecule has 1 amide bonds. The van der Waals surface area contributed by atoms with Crippen LogP contribution in [0.25, 0.3) is 17.2 Å². The van der Waals surface area contributed by atoms with Gasteiger partial charge < -0.3 is 14.1 Å². The van der Waals surface area contributed by atoms with Gasteiger partial charge in [-0.15, -0.1) is 0 Å². The number of benzene rings is 1. The third kappa shape index (κ3) is 3.68. The second kappa shape index (κ2) is 6.69. The number of amides is 1. The van der Waals surface area contributed by atoms with Gasteiger partial charge in [0.15, 0.2) is 5.58 Å². The van der Waals surface area contributed by atoms with Crippen LogP contribution in [-0.2, 0) is 14.3 Å². The van der Waals surface area contributed by atoms with E-state index >= 15 is 0 Å². The number of esters is 1. The SMILES string of the molecule is CCN(CC(=O)OC)C(=O)C=Cc1nc2ccccc2o1. The zero-order valence-electron chi connectivity index (χ0n) is 11.9. The Morgan fingerprint density at radius 2 is 2.14 bits per heavy atom. The van der Waals surface area contributed by atoms with Gasteiger partial charge in [-0.05, 0) is 19.1 Å². The van der Waals surface area contributed by atoms with Crippen molar-refractivity contribution in [2.45, 2.75) is 6.92 Å². The average molecular weight is 288 g/mol. The van der Waals surface area contributed by atoms with E-state index in [-0.39, 0.29) is 12.5 Å². The van der Waals surface area contributed by atoms with Crippen molar-refractivity contribution in [1.82, 2.24) is 9.88 Å². The first kappa shape index (κ1) is 14.8. The van der Waals surface area contributed by atoms with Gasteiger partial charge in [-0.1, -0.05) is 12.1 Å². The Morgan fingerprint density at radius 3 is 2.81 bits per heavy atom. The first-order chi connectivity index (χ1) is 10.1. The fourth-order valence-corrected chi connectivity index (χ4v) is 1.78. The first-order valence-corrected chi connectivity index (χ1v) is 6.53. The molecule has 21 heavy (non-hydrogen) atoms. The van der Waals surface area contributed by atoms with Crippen LogP contribution in [0.4, 0.5) is 0 Å². The molecule has 0 saturated heterocycles. The van der Waals surface area contributed by atoms with E-state index in [9.17, 15) is 9.59 Å². The summed E-state index contributed by atoms with van der Waals surface area (Å²) in [6, 6.07) is 7.34. The maximum Gasteiger partial charge on any atom is 0.325 e. The third-order valence-corrected chi connectivity index (χ3v) is 2.92. The predicted octanol–water partition coefficient (Wildman–Crippen LogP) is 1.86. The average Bonchev–Trinajstić information content (AvgIpc) is 2.92. The minimum Gasteiger partial charge on any atom is -0.468 e. The molecule has 0 unspecified atom stereocenters. The van der Waals surface area contributed by atoms with E-state index in [4.69, 9.17) is 4.42 Å². The molecule has 0 fully saturated rings. The lowest BCUT2D eigenvalue weighted by Gasteiger charge is -2.16. The van der Waals surface area contributed by atoms with Gasteiger partial charge in [-0.3, -0.25) is 9.59 Å². The number of rotatable bonds is 5. The first-order valence-electron chi connectivity index (χ1n) is 6.53. The highest BCUT2D eigenvalue weighted by Crippen LogP contribution is 2.15. The Kier molecular flexibility index (Phi) is 4.71. The maximum absolute atomic E-state index is 12.0. The largest absolute Gasteiger partial charge is 0.468 e. The van der Waals surface area contributed by atoms with E-state index in [0.717, 1.165) is 5.52 Å². The summed E-state index contributed by atoms with van der Waals surface area (Å²) >= 11 is 0. The summed E-state index contributed by atoms with van der Waals surface area (Å²) in [6.07, 6.45) is 2.82. The number of para-hydroxylation sites is 2. The monoisotopic (exact) mass is 288 g/mol. The molecule has 2 rings (SSSR count). The van der Waals surface area contributed by atoms with Crippen molar-refractivity contribution in [3.63, 3.8) is 0 Å². The lowest BCUT2D eigenvalue weighted by atomic mass is 10.3. The molecule has 2 aromatic rings. The zero-order valence-corrected chi connectivity index (χ0v) is 11.9. The van der Waals surface area contributed by atoms with Crippen molar-refractivity contribution in [3.05, 3.63) is 36.2 Å². The lowest BCUT2D eigenvalue weighted by molar-refractivity contribution is -0.145. The molecule has 6 heteroatoms. The molecule has 0 aliphatic rings. The molecule has 110 valence electrons. The van der Waals surface area contributed by atoms with Crippen LogP contribution in [0, 0.1) is 0 Å². The Balaban J connectivity index is 2.08. The Bertz CT molecular complexity index is 642. The van der Waals surface area contributed by atoms with Crippen molar-refractivity contribution in [2.24, 2.45) is 0 Å². The summed E-state index contributed by atoms with van der Waals surface area (Å²) in [7, 11) is 1.29. The Morgan fingerprint density at radius 1 is 1.38 bits per heavy atom. The normalized spacial score (nSPS) is 11.0. The highest BCUT2D eigenvalue weighted by Gasteiger charge is 2.13. The van der Waals surface area contributed by atoms with Crippen molar-refractivity contribution in [3.8, 4) is 0 Å². The molecule has 1 heterocycles. The number of oxazole rings is 1. The van der Waals surface area contributed by atoms with Gasteiger partial charge >= 0.3 is 5.97 Å². The minimum atomic E-state index is -0.458. The van der Waals surface area contributed by atoms with Crippen LogP contribution in [-0.4, -0.2) is 42.0 Å². The van der Waals surface area contributed by atoms with E-state index < -0.39 is 5.97 Å². The number of methoxy groups -OCH3 is 1. The van der Waals surface area contributed by atoms with Crippen LogP contribution in [0.1, 0.15) is 12.8 Å². The van der Waals surface area contributed by atoms with Gasteiger partial charge in [0.25, 0.3) is 0 Å². The summed E-state index contributed by atoms with van der Waals surface area (Å²) in [4.78, 5) is 28.8. The molecule has 0 atom stereocenters. The van der Waals surface area contributed by atoms with E-state index in [1.807, 2.05) is 18.2 Å². The molecule has 0 aliphatic heterocycles. The molecular weight excluding hydrogens is 272 g/mol. The zero-order chi connectivity index (χ0) is 15.2. The molecular formula is C15H16N2O4. The van der Waals surface area contributed by atoms with Crippen LogP contribution in [0.5, 0.6) is 0 Å². The predicted molar refractivity (Wildman–Crippen MR) is 77.3 cm³/mol. The Hall–Kier alpha value is -2.63. The van der Waals surface area contributed by atoms with E-state index in [1.54, 1.807) is 13.0 Å².